The molecule has 0 N–H and O–H groups in total. The quantitative estimate of drug-likeness (QED) is 0.168. The van der Waals surface area contributed by atoms with Crippen molar-refractivity contribution in [2.75, 3.05) is 0 Å². The lowest BCUT2D eigenvalue weighted by atomic mass is 9.72. The molecular formula is C62H58N2. The Hall–Kier alpha value is -6.38. The van der Waals surface area contributed by atoms with Gasteiger partial charge in [-0.2, -0.15) is 0 Å². The summed E-state index contributed by atoms with van der Waals surface area (Å²) in [5, 5.41) is 5.26. The monoisotopic (exact) mass is 830 g/mol. The van der Waals surface area contributed by atoms with Crippen LogP contribution in [0, 0.1) is 5.92 Å². The van der Waals surface area contributed by atoms with Gasteiger partial charge in [-0.1, -0.05) is 160 Å². The van der Waals surface area contributed by atoms with Gasteiger partial charge in [-0.3, -0.25) is 0 Å². The van der Waals surface area contributed by atoms with Crippen LogP contribution in [0.2, 0.25) is 0 Å². The summed E-state index contributed by atoms with van der Waals surface area (Å²) in [7, 11) is 0. The Bertz CT molecular complexity index is 3520. The summed E-state index contributed by atoms with van der Waals surface area (Å²) in [6, 6.07) is 53.7. The van der Waals surface area contributed by atoms with E-state index >= 15 is 0 Å². The molecule has 2 heteroatoms. The average molecular weight is 831 g/mol. The molecular weight excluding hydrogens is 773 g/mol. The number of rotatable bonds is 3. The first-order valence-corrected chi connectivity index (χ1v) is 23.4. The van der Waals surface area contributed by atoms with Crippen molar-refractivity contribution in [1.29, 1.82) is 0 Å². The Morgan fingerprint density at radius 3 is 1.55 bits per heavy atom. The fourth-order valence-corrected chi connectivity index (χ4v) is 12.0. The van der Waals surface area contributed by atoms with Gasteiger partial charge < -0.3 is 9.13 Å². The van der Waals surface area contributed by atoms with Crippen LogP contribution >= 0.6 is 0 Å². The third-order valence-corrected chi connectivity index (χ3v) is 15.7. The van der Waals surface area contributed by atoms with Crippen molar-refractivity contribution in [2.24, 2.45) is 5.92 Å². The first kappa shape index (κ1) is 39.2. The highest BCUT2D eigenvalue weighted by atomic mass is 15.0. The normalized spacial score (nSPS) is 18.4. The maximum absolute atomic E-state index is 2.60. The Balaban J connectivity index is 0.894. The zero-order chi connectivity index (χ0) is 44.2. The number of hydrogen-bond acceptors (Lipinski definition) is 0. The molecule has 0 saturated heterocycles. The average Bonchev–Trinajstić information content (AvgIpc) is 3.93. The largest absolute Gasteiger partial charge is 0.309 e. The van der Waals surface area contributed by atoms with Crippen LogP contribution in [0.25, 0.3) is 71.7 Å². The standard InChI is InChI=1S/C62H58N2/c1-59(2,3)39-21-29-57-49(33-39)47-15-11-13-17-55(47)63(57)41-23-27-45-43-25-19-37(31-51(43)61(7,8)53(45)35-41)38-20-26-44-46-28-24-42(36-54(46)62(9,10)52(44)32-38)64-56-18-14-12-16-48(56)50-34-40(60(4,5)6)22-30-58(50)64/h11-36,43,51H,1-10H3. The summed E-state index contributed by atoms with van der Waals surface area (Å²) in [5.41, 5.74) is 21.2. The van der Waals surface area contributed by atoms with Crippen molar-refractivity contribution in [2.45, 2.75) is 96.8 Å². The minimum atomic E-state index is -0.156. The number of aromatic nitrogens is 2. The molecule has 64 heavy (non-hydrogen) atoms. The third-order valence-electron chi connectivity index (χ3n) is 15.7. The van der Waals surface area contributed by atoms with Gasteiger partial charge in [-0.15, -0.1) is 0 Å². The second kappa shape index (κ2) is 13.1. The Kier molecular flexibility index (Phi) is 8.03. The van der Waals surface area contributed by atoms with Crippen LogP contribution in [0.5, 0.6) is 0 Å². The third kappa shape index (κ3) is 5.50. The first-order valence-electron chi connectivity index (χ1n) is 23.4. The molecule has 2 heterocycles. The second-order valence-corrected chi connectivity index (χ2v) is 22.3. The smallest absolute Gasteiger partial charge is 0.0541 e. The number of hydrogen-bond donors (Lipinski definition) is 0. The van der Waals surface area contributed by atoms with Crippen molar-refractivity contribution in [3.05, 3.63) is 197 Å². The van der Waals surface area contributed by atoms with E-state index in [1.54, 1.807) is 0 Å². The summed E-state index contributed by atoms with van der Waals surface area (Å²) < 4.78 is 4.97. The Labute approximate surface area is 378 Å². The highest BCUT2D eigenvalue weighted by Crippen LogP contribution is 2.56. The lowest BCUT2D eigenvalue weighted by molar-refractivity contribution is 0.395. The molecule has 0 amide bonds. The minimum Gasteiger partial charge on any atom is -0.309 e. The molecule has 0 saturated carbocycles. The van der Waals surface area contributed by atoms with E-state index in [0.717, 1.165) is 0 Å². The number of fused-ring (bicyclic) bond motifs is 12. The van der Waals surface area contributed by atoms with E-state index in [0.29, 0.717) is 11.8 Å². The van der Waals surface area contributed by atoms with E-state index in [4.69, 9.17) is 0 Å². The van der Waals surface area contributed by atoms with Gasteiger partial charge >= 0.3 is 0 Å². The van der Waals surface area contributed by atoms with E-state index < -0.39 is 0 Å². The van der Waals surface area contributed by atoms with Gasteiger partial charge in [0, 0.05) is 44.3 Å². The van der Waals surface area contributed by atoms with Crippen LogP contribution in [0.15, 0.2) is 158 Å². The number of para-hydroxylation sites is 2. The van der Waals surface area contributed by atoms with E-state index in [2.05, 4.69) is 236 Å². The van der Waals surface area contributed by atoms with Gasteiger partial charge in [-0.05, 0) is 145 Å². The van der Waals surface area contributed by atoms with E-state index in [9.17, 15) is 0 Å². The van der Waals surface area contributed by atoms with Crippen LogP contribution in [-0.4, -0.2) is 9.13 Å². The molecule has 0 aliphatic heterocycles. The van der Waals surface area contributed by atoms with Crippen LogP contribution in [0.3, 0.4) is 0 Å². The SMILES string of the molecule is CC(C)(C)c1ccc2c(c1)c1ccccc1n2-c1ccc2c(c1)C(C)(C)c1cc(C3=CC4C(C=C3)c3ccc(-n5c6ccccc6c6cc(C(C)(C)C)ccc65)cc3C4(C)C)ccc1-2. The highest BCUT2D eigenvalue weighted by Gasteiger charge is 2.46. The zero-order valence-electron chi connectivity index (χ0n) is 39.1. The molecule has 0 spiro atoms. The van der Waals surface area contributed by atoms with Crippen LogP contribution in [0.1, 0.15) is 114 Å². The fraction of sp³-hybridized carbons (Fsp3) is 0.258. The molecule has 2 unspecified atom stereocenters. The summed E-state index contributed by atoms with van der Waals surface area (Å²) in [6.07, 6.45) is 7.50. The lowest BCUT2D eigenvalue weighted by Crippen LogP contribution is -2.25. The number of benzene rings is 7. The van der Waals surface area contributed by atoms with Crippen molar-refractivity contribution in [1.82, 2.24) is 9.13 Å². The van der Waals surface area contributed by atoms with Gasteiger partial charge in [0.05, 0.1) is 22.1 Å². The van der Waals surface area contributed by atoms with Crippen LogP contribution < -0.4 is 0 Å². The molecule has 0 fully saturated rings. The highest BCUT2D eigenvalue weighted by molar-refractivity contribution is 6.10. The molecule has 2 atom stereocenters. The predicted molar refractivity (Wildman–Crippen MR) is 273 cm³/mol. The van der Waals surface area contributed by atoms with Gasteiger partial charge in [0.1, 0.15) is 0 Å². The minimum absolute atomic E-state index is 0.0477. The molecule has 3 aliphatic rings. The second-order valence-electron chi connectivity index (χ2n) is 22.3. The topological polar surface area (TPSA) is 9.86 Å². The summed E-state index contributed by atoms with van der Waals surface area (Å²) in [5.74, 6) is 0.710. The lowest BCUT2D eigenvalue weighted by Gasteiger charge is -2.31. The first-order chi connectivity index (χ1) is 30.5. The maximum atomic E-state index is 2.60. The summed E-state index contributed by atoms with van der Waals surface area (Å²) in [6.45, 7) is 23.6. The predicted octanol–water partition coefficient (Wildman–Crippen LogP) is 16.4. The van der Waals surface area contributed by atoms with Crippen molar-refractivity contribution < 1.29 is 0 Å². The molecule has 12 rings (SSSR count). The van der Waals surface area contributed by atoms with E-state index in [1.807, 2.05) is 0 Å². The molecule has 0 radical (unpaired) electrons. The van der Waals surface area contributed by atoms with Gasteiger partial charge in [0.2, 0.25) is 0 Å². The molecule has 2 aromatic heterocycles. The summed E-state index contributed by atoms with van der Waals surface area (Å²) >= 11 is 0. The van der Waals surface area contributed by atoms with Crippen LogP contribution in [-0.2, 0) is 21.7 Å². The molecule has 3 aliphatic carbocycles. The van der Waals surface area contributed by atoms with E-state index in [-0.39, 0.29) is 21.7 Å². The fourth-order valence-electron chi connectivity index (χ4n) is 12.0. The Morgan fingerprint density at radius 1 is 0.469 bits per heavy atom. The summed E-state index contributed by atoms with van der Waals surface area (Å²) in [4.78, 5) is 0. The van der Waals surface area contributed by atoms with Crippen molar-refractivity contribution in [3.63, 3.8) is 0 Å². The van der Waals surface area contributed by atoms with E-state index in [1.165, 1.54) is 111 Å². The van der Waals surface area contributed by atoms with Gasteiger partial charge in [-0.25, -0.2) is 0 Å². The van der Waals surface area contributed by atoms with Gasteiger partial charge in [0.25, 0.3) is 0 Å². The van der Waals surface area contributed by atoms with Crippen molar-refractivity contribution >= 4 is 49.2 Å². The Morgan fingerprint density at radius 2 is 0.969 bits per heavy atom. The number of allylic oxidation sites excluding steroid dienone is 4. The number of nitrogens with zero attached hydrogens (tertiary/aromatic N) is 2. The molecule has 0 bridgehead atoms. The molecule has 2 nitrogen and oxygen atoms in total. The van der Waals surface area contributed by atoms with Crippen molar-refractivity contribution in [3.8, 4) is 22.5 Å². The molecule has 9 aromatic rings. The molecule has 316 valence electrons. The van der Waals surface area contributed by atoms with Gasteiger partial charge in [0.15, 0.2) is 0 Å². The zero-order valence-corrected chi connectivity index (χ0v) is 39.1. The molecule has 7 aromatic carbocycles. The van der Waals surface area contributed by atoms with Crippen LogP contribution in [0.4, 0.5) is 0 Å². The maximum Gasteiger partial charge on any atom is 0.0541 e.